The number of ether oxygens (including phenoxy) is 1. The third-order valence-corrected chi connectivity index (χ3v) is 5.91. The predicted molar refractivity (Wildman–Crippen MR) is 117 cm³/mol. The molecule has 0 atom stereocenters. The minimum atomic E-state index is -0.362. The highest BCUT2D eigenvalue weighted by Crippen LogP contribution is 2.36. The van der Waals surface area contributed by atoms with Crippen LogP contribution in [0.15, 0.2) is 24.3 Å². The Balaban J connectivity index is 1.88. The lowest BCUT2D eigenvalue weighted by Gasteiger charge is -2.32. The lowest BCUT2D eigenvalue weighted by Crippen LogP contribution is -2.43. The van der Waals surface area contributed by atoms with E-state index in [0.29, 0.717) is 13.2 Å². The lowest BCUT2D eigenvalue weighted by atomic mass is 9.78. The van der Waals surface area contributed by atoms with Gasteiger partial charge in [0.25, 0.3) is 0 Å². The molecule has 1 aromatic carbocycles. The zero-order valence-electron chi connectivity index (χ0n) is 19.5. The van der Waals surface area contributed by atoms with Gasteiger partial charge in [0.2, 0.25) is 0 Å². The minimum Gasteiger partial charge on any atom is -0.448 e. The van der Waals surface area contributed by atoms with Crippen LogP contribution in [-0.4, -0.2) is 67.0 Å². The molecule has 1 heterocycles. The molecule has 0 saturated carbocycles. The van der Waals surface area contributed by atoms with Gasteiger partial charge in [-0.1, -0.05) is 24.3 Å². The Labute approximate surface area is 176 Å². The van der Waals surface area contributed by atoms with Gasteiger partial charge in [-0.25, -0.2) is 4.79 Å². The van der Waals surface area contributed by atoms with Gasteiger partial charge in [0.05, 0.1) is 11.2 Å². The van der Waals surface area contributed by atoms with Crippen LogP contribution in [0.1, 0.15) is 54.0 Å². The Morgan fingerprint density at radius 2 is 1.69 bits per heavy atom. The predicted octanol–water partition coefficient (Wildman–Crippen LogP) is 3.28. The number of carbonyl (C=O) groups excluding carboxylic acids is 1. The first-order valence-electron chi connectivity index (χ1n) is 10.3. The summed E-state index contributed by atoms with van der Waals surface area (Å²) < 4.78 is 17.7. The van der Waals surface area contributed by atoms with Crippen molar-refractivity contribution in [3.8, 4) is 0 Å². The number of likely N-dealkylation sites (N-methyl/N-ethyl adjacent to an activating group) is 1. The molecule has 7 heteroatoms. The summed E-state index contributed by atoms with van der Waals surface area (Å²) in [5.41, 5.74) is 1.23. The minimum absolute atomic E-state index is 0.253. The first-order valence-corrected chi connectivity index (χ1v) is 10.3. The van der Waals surface area contributed by atoms with E-state index in [0.717, 1.165) is 17.6 Å². The standard InChI is InChI=1S/C22H37BN2O4/c1-20(2,3)25(9)19(26)27-14-13-24(8)16-17-11-10-12-18(15-17)23-28-21(4,5)22(6,7)29-23/h10-12,15H,13-14,16H2,1-9H3. The number of hydrogen-bond donors (Lipinski definition) is 0. The van der Waals surface area contributed by atoms with Crippen molar-refractivity contribution in [2.45, 2.75) is 71.8 Å². The van der Waals surface area contributed by atoms with E-state index in [-0.39, 0.29) is 30.0 Å². The van der Waals surface area contributed by atoms with Gasteiger partial charge in [-0.3, -0.25) is 4.90 Å². The van der Waals surface area contributed by atoms with Crippen molar-refractivity contribution in [2.75, 3.05) is 27.2 Å². The van der Waals surface area contributed by atoms with Gasteiger partial charge in [-0.15, -0.1) is 0 Å². The zero-order chi connectivity index (χ0) is 22.0. The van der Waals surface area contributed by atoms with Crippen LogP contribution in [0.5, 0.6) is 0 Å². The molecule has 0 spiro atoms. The molecular formula is C22H37BN2O4. The molecule has 1 aliphatic heterocycles. The van der Waals surface area contributed by atoms with Gasteiger partial charge in [0, 0.05) is 25.7 Å². The number of amides is 1. The summed E-state index contributed by atoms with van der Waals surface area (Å²) in [5, 5.41) is 0. The van der Waals surface area contributed by atoms with Crippen LogP contribution < -0.4 is 5.46 Å². The summed E-state index contributed by atoms with van der Waals surface area (Å²) in [6.07, 6.45) is -0.298. The number of benzene rings is 1. The summed E-state index contributed by atoms with van der Waals surface area (Å²) >= 11 is 0. The SMILES string of the molecule is CN(CCOC(=O)N(C)C(C)(C)C)Cc1cccc(B2OC(C)(C)C(C)(C)O2)c1. The molecule has 1 amide bonds. The van der Waals surface area contributed by atoms with Crippen LogP contribution in [0.3, 0.4) is 0 Å². The van der Waals surface area contributed by atoms with E-state index in [2.05, 4.69) is 44.7 Å². The molecule has 162 valence electrons. The summed E-state index contributed by atoms with van der Waals surface area (Å²) in [4.78, 5) is 15.8. The molecule has 6 nitrogen and oxygen atoms in total. The Morgan fingerprint density at radius 3 is 2.24 bits per heavy atom. The molecule has 29 heavy (non-hydrogen) atoms. The number of hydrogen-bond acceptors (Lipinski definition) is 5. The number of carbonyl (C=O) groups is 1. The van der Waals surface area contributed by atoms with E-state index in [1.54, 1.807) is 11.9 Å². The summed E-state index contributed by atoms with van der Waals surface area (Å²) in [5.74, 6) is 0. The van der Waals surface area contributed by atoms with Gasteiger partial charge in [0.1, 0.15) is 6.61 Å². The second-order valence-electron chi connectivity index (χ2n) is 9.92. The van der Waals surface area contributed by atoms with Crippen LogP contribution in [0.2, 0.25) is 0 Å². The van der Waals surface area contributed by atoms with E-state index in [4.69, 9.17) is 14.0 Å². The van der Waals surface area contributed by atoms with Crippen molar-refractivity contribution in [2.24, 2.45) is 0 Å². The topological polar surface area (TPSA) is 51.2 Å². The van der Waals surface area contributed by atoms with Crippen molar-refractivity contribution < 1.29 is 18.8 Å². The summed E-state index contributed by atoms with van der Waals surface area (Å²) in [6, 6.07) is 8.28. The number of rotatable bonds is 6. The van der Waals surface area contributed by atoms with Crippen LogP contribution >= 0.6 is 0 Å². The Kier molecular flexibility index (Phi) is 7.08. The monoisotopic (exact) mass is 404 g/mol. The van der Waals surface area contributed by atoms with Crippen molar-refractivity contribution in [1.29, 1.82) is 0 Å². The first-order chi connectivity index (χ1) is 13.2. The maximum atomic E-state index is 12.1. The molecule has 1 saturated heterocycles. The highest BCUT2D eigenvalue weighted by Gasteiger charge is 2.51. The first kappa shape index (κ1) is 23.7. The summed E-state index contributed by atoms with van der Waals surface area (Å²) in [6.45, 7) is 15.9. The van der Waals surface area contributed by atoms with Gasteiger partial charge in [-0.05, 0) is 66.5 Å². The molecule has 0 radical (unpaired) electrons. The second-order valence-corrected chi connectivity index (χ2v) is 9.92. The van der Waals surface area contributed by atoms with E-state index in [1.807, 2.05) is 40.0 Å². The summed E-state index contributed by atoms with van der Waals surface area (Å²) in [7, 11) is 3.41. The van der Waals surface area contributed by atoms with Crippen LogP contribution in [0.4, 0.5) is 4.79 Å². The van der Waals surface area contributed by atoms with Crippen LogP contribution in [0.25, 0.3) is 0 Å². The highest BCUT2D eigenvalue weighted by molar-refractivity contribution is 6.62. The third kappa shape index (κ3) is 5.97. The Hall–Kier alpha value is -1.57. The fraction of sp³-hybridized carbons (Fsp3) is 0.682. The van der Waals surface area contributed by atoms with Gasteiger partial charge in [-0.2, -0.15) is 0 Å². The molecule has 2 rings (SSSR count). The second kappa shape index (κ2) is 8.66. The average molecular weight is 404 g/mol. The molecule has 0 unspecified atom stereocenters. The molecule has 1 fully saturated rings. The van der Waals surface area contributed by atoms with Gasteiger partial charge in [0.15, 0.2) is 0 Å². The van der Waals surface area contributed by atoms with Gasteiger partial charge >= 0.3 is 13.2 Å². The van der Waals surface area contributed by atoms with Crippen molar-refractivity contribution in [3.63, 3.8) is 0 Å². The van der Waals surface area contributed by atoms with Gasteiger partial charge < -0.3 is 18.9 Å². The lowest BCUT2D eigenvalue weighted by molar-refractivity contribution is 0.00578. The van der Waals surface area contributed by atoms with E-state index in [1.165, 1.54) is 0 Å². The molecule has 0 N–H and O–H groups in total. The quantitative estimate of drug-likeness (QED) is 0.682. The van der Waals surface area contributed by atoms with Crippen molar-refractivity contribution in [3.05, 3.63) is 29.8 Å². The maximum Gasteiger partial charge on any atom is 0.494 e. The normalized spacial score (nSPS) is 18.2. The third-order valence-electron chi connectivity index (χ3n) is 5.91. The zero-order valence-corrected chi connectivity index (χ0v) is 19.5. The van der Waals surface area contributed by atoms with E-state index < -0.39 is 0 Å². The fourth-order valence-electron chi connectivity index (χ4n) is 2.87. The van der Waals surface area contributed by atoms with Crippen molar-refractivity contribution >= 4 is 18.7 Å². The van der Waals surface area contributed by atoms with E-state index >= 15 is 0 Å². The largest absolute Gasteiger partial charge is 0.494 e. The van der Waals surface area contributed by atoms with Crippen molar-refractivity contribution in [1.82, 2.24) is 9.80 Å². The fourth-order valence-corrected chi connectivity index (χ4v) is 2.87. The molecule has 0 aromatic heterocycles. The van der Waals surface area contributed by atoms with Crippen LogP contribution in [-0.2, 0) is 20.6 Å². The molecular weight excluding hydrogens is 367 g/mol. The molecule has 1 aromatic rings. The molecule has 1 aliphatic rings. The maximum absolute atomic E-state index is 12.1. The molecule has 0 bridgehead atoms. The average Bonchev–Trinajstić information content (AvgIpc) is 2.81. The highest BCUT2D eigenvalue weighted by atomic mass is 16.7. The van der Waals surface area contributed by atoms with Crippen LogP contribution in [0, 0.1) is 0 Å². The Morgan fingerprint density at radius 1 is 1.10 bits per heavy atom. The number of nitrogens with zero attached hydrogens (tertiary/aromatic N) is 2. The Bertz CT molecular complexity index is 699. The van der Waals surface area contributed by atoms with E-state index in [9.17, 15) is 4.79 Å². The smallest absolute Gasteiger partial charge is 0.448 e. The molecule has 0 aliphatic carbocycles.